The number of hydrogen-bond acceptors (Lipinski definition) is 5. The Morgan fingerprint density at radius 1 is 1.12 bits per heavy atom. The fourth-order valence-electron chi connectivity index (χ4n) is 4.16. The molecule has 1 saturated heterocycles. The molecule has 4 rings (SSSR count). The maximum Gasteiger partial charge on any atom is 0.417 e. The molecule has 3 aromatic rings. The van der Waals surface area contributed by atoms with Gasteiger partial charge in [0.1, 0.15) is 24.3 Å². The van der Waals surface area contributed by atoms with E-state index in [0.717, 1.165) is 42.4 Å². The normalized spacial score (nSPS) is 16.0. The molecular formula is C24H25FN2O5. The summed E-state index contributed by atoms with van der Waals surface area (Å²) in [7, 11) is 0. The molecule has 0 unspecified atom stereocenters. The van der Waals surface area contributed by atoms with E-state index in [1.54, 1.807) is 0 Å². The van der Waals surface area contributed by atoms with E-state index in [1.165, 1.54) is 12.1 Å². The van der Waals surface area contributed by atoms with Gasteiger partial charge in [-0.05, 0) is 67.7 Å². The maximum absolute atomic E-state index is 13.2. The largest absolute Gasteiger partial charge is 0.489 e. The molecule has 32 heavy (non-hydrogen) atoms. The van der Waals surface area contributed by atoms with Crippen LogP contribution >= 0.6 is 0 Å². The van der Waals surface area contributed by atoms with Crippen LogP contribution in [0.5, 0.6) is 5.75 Å². The van der Waals surface area contributed by atoms with Gasteiger partial charge in [0.05, 0.1) is 0 Å². The summed E-state index contributed by atoms with van der Waals surface area (Å²) in [5.41, 5.74) is 2.03. The standard InChI is InChI=1S/C24H25FN2O5/c25-18-6-4-16(5-7-18)17-9-12-27(13-10-17)14-19(32-24(30)23(28)29)15-31-22-3-1-2-21-20(22)8-11-26-21/h1-8,11,17,19,26H,9-10,12-15H2,(H,28,29)/t19-/m0/s1. The second-order valence-electron chi connectivity index (χ2n) is 7.96. The van der Waals surface area contributed by atoms with E-state index in [-0.39, 0.29) is 12.4 Å². The lowest BCUT2D eigenvalue weighted by molar-refractivity contribution is -0.169. The number of hydrogen-bond donors (Lipinski definition) is 2. The number of nitrogens with one attached hydrogen (secondary N) is 1. The summed E-state index contributed by atoms with van der Waals surface area (Å²) in [5.74, 6) is -2.19. The maximum atomic E-state index is 13.2. The Hall–Kier alpha value is -3.39. The number of esters is 1. The molecule has 0 bridgehead atoms. The highest BCUT2D eigenvalue weighted by atomic mass is 19.1. The summed E-state index contributed by atoms with van der Waals surface area (Å²) in [6.07, 6.45) is 2.85. The monoisotopic (exact) mass is 440 g/mol. The topological polar surface area (TPSA) is 91.9 Å². The minimum atomic E-state index is -1.63. The summed E-state index contributed by atoms with van der Waals surface area (Å²) in [6, 6.07) is 14.1. The number of carbonyl (C=O) groups is 2. The van der Waals surface area contributed by atoms with Crippen LogP contribution in [-0.2, 0) is 14.3 Å². The van der Waals surface area contributed by atoms with Gasteiger partial charge in [0.15, 0.2) is 0 Å². The SMILES string of the molecule is O=C(O)C(=O)O[C@H](COc1cccc2[nH]ccc12)CN1CCC(c2ccc(F)cc2)CC1. The highest BCUT2D eigenvalue weighted by Gasteiger charge is 2.27. The number of carboxylic acids is 1. The number of fused-ring (bicyclic) bond motifs is 1. The Morgan fingerprint density at radius 3 is 2.59 bits per heavy atom. The Kier molecular flexibility index (Phi) is 6.70. The minimum Gasteiger partial charge on any atom is -0.489 e. The van der Waals surface area contributed by atoms with Gasteiger partial charge < -0.3 is 19.6 Å². The van der Waals surface area contributed by atoms with Gasteiger partial charge in [-0.1, -0.05) is 18.2 Å². The molecule has 8 heteroatoms. The van der Waals surface area contributed by atoms with Crippen molar-refractivity contribution in [3.05, 3.63) is 66.1 Å². The van der Waals surface area contributed by atoms with Crippen molar-refractivity contribution in [3.63, 3.8) is 0 Å². The highest BCUT2D eigenvalue weighted by Crippen LogP contribution is 2.29. The van der Waals surface area contributed by atoms with Gasteiger partial charge in [-0.25, -0.2) is 14.0 Å². The Balaban J connectivity index is 1.37. The van der Waals surface area contributed by atoms with Gasteiger partial charge in [-0.3, -0.25) is 4.90 Å². The first-order chi connectivity index (χ1) is 15.5. The fraction of sp³-hybridized carbons (Fsp3) is 0.333. The molecular weight excluding hydrogens is 415 g/mol. The number of rotatable bonds is 7. The van der Waals surface area contributed by atoms with E-state index in [0.29, 0.717) is 18.2 Å². The lowest BCUT2D eigenvalue weighted by Gasteiger charge is -2.34. The third-order valence-corrected chi connectivity index (χ3v) is 5.82. The molecule has 1 aliphatic heterocycles. The number of carbonyl (C=O) groups excluding carboxylic acids is 1. The number of ether oxygens (including phenoxy) is 2. The highest BCUT2D eigenvalue weighted by molar-refractivity contribution is 6.28. The van der Waals surface area contributed by atoms with E-state index in [4.69, 9.17) is 14.6 Å². The average Bonchev–Trinajstić information content (AvgIpc) is 3.28. The second kappa shape index (κ2) is 9.82. The smallest absolute Gasteiger partial charge is 0.417 e. The van der Waals surface area contributed by atoms with Crippen LogP contribution < -0.4 is 4.74 Å². The van der Waals surface area contributed by atoms with Crippen LogP contribution in [0.25, 0.3) is 10.9 Å². The van der Waals surface area contributed by atoms with Gasteiger partial charge in [-0.2, -0.15) is 0 Å². The molecule has 1 fully saturated rings. The zero-order valence-corrected chi connectivity index (χ0v) is 17.5. The zero-order valence-electron chi connectivity index (χ0n) is 17.5. The predicted molar refractivity (Wildman–Crippen MR) is 116 cm³/mol. The summed E-state index contributed by atoms with van der Waals surface area (Å²) < 4.78 is 24.3. The van der Waals surface area contributed by atoms with Gasteiger partial charge in [0.25, 0.3) is 0 Å². The number of nitrogens with zero attached hydrogens (tertiary/aromatic N) is 1. The summed E-state index contributed by atoms with van der Waals surface area (Å²) in [6.45, 7) is 1.94. The van der Waals surface area contributed by atoms with Crippen LogP contribution in [-0.4, -0.2) is 59.3 Å². The van der Waals surface area contributed by atoms with E-state index in [1.807, 2.05) is 42.6 Å². The van der Waals surface area contributed by atoms with Crippen molar-refractivity contribution in [2.24, 2.45) is 0 Å². The van der Waals surface area contributed by atoms with E-state index >= 15 is 0 Å². The molecule has 1 aliphatic rings. The van der Waals surface area contributed by atoms with Crippen molar-refractivity contribution in [2.75, 3.05) is 26.2 Å². The van der Waals surface area contributed by atoms with Crippen LogP contribution in [0, 0.1) is 5.82 Å². The summed E-state index contributed by atoms with van der Waals surface area (Å²) >= 11 is 0. The molecule has 0 radical (unpaired) electrons. The van der Waals surface area contributed by atoms with Crippen LogP contribution in [0.4, 0.5) is 4.39 Å². The van der Waals surface area contributed by atoms with Crippen molar-refractivity contribution in [3.8, 4) is 5.75 Å². The Morgan fingerprint density at radius 2 is 1.88 bits per heavy atom. The van der Waals surface area contributed by atoms with Crippen LogP contribution in [0.1, 0.15) is 24.3 Å². The predicted octanol–water partition coefficient (Wildman–Crippen LogP) is 3.56. The number of halogens is 1. The number of likely N-dealkylation sites (tertiary alicyclic amines) is 1. The van der Waals surface area contributed by atoms with Crippen LogP contribution in [0.2, 0.25) is 0 Å². The number of aliphatic carboxylic acids is 1. The van der Waals surface area contributed by atoms with Gasteiger partial charge >= 0.3 is 11.9 Å². The van der Waals surface area contributed by atoms with Crippen molar-refractivity contribution < 1.29 is 28.6 Å². The van der Waals surface area contributed by atoms with Crippen molar-refractivity contribution >= 4 is 22.8 Å². The summed E-state index contributed by atoms with van der Waals surface area (Å²) in [4.78, 5) is 28.0. The first-order valence-electron chi connectivity index (χ1n) is 10.6. The Labute approximate surface area is 184 Å². The lowest BCUT2D eigenvalue weighted by atomic mass is 9.89. The molecule has 168 valence electrons. The van der Waals surface area contributed by atoms with Crippen molar-refractivity contribution in [1.29, 1.82) is 0 Å². The molecule has 2 aromatic carbocycles. The van der Waals surface area contributed by atoms with Gasteiger partial charge in [0, 0.05) is 23.6 Å². The average molecular weight is 440 g/mol. The fourth-order valence-corrected chi connectivity index (χ4v) is 4.16. The van der Waals surface area contributed by atoms with E-state index < -0.39 is 18.0 Å². The number of piperidine rings is 1. The molecule has 0 aliphatic carbocycles. The van der Waals surface area contributed by atoms with Crippen LogP contribution in [0.3, 0.4) is 0 Å². The van der Waals surface area contributed by atoms with E-state index in [2.05, 4.69) is 9.88 Å². The quantitative estimate of drug-likeness (QED) is 0.431. The van der Waals surface area contributed by atoms with Gasteiger partial charge in [0.2, 0.25) is 0 Å². The number of H-pyrrole nitrogens is 1. The van der Waals surface area contributed by atoms with Crippen molar-refractivity contribution in [2.45, 2.75) is 24.9 Å². The molecule has 2 heterocycles. The van der Waals surface area contributed by atoms with E-state index in [9.17, 15) is 14.0 Å². The molecule has 1 atom stereocenters. The third kappa shape index (κ3) is 5.26. The zero-order chi connectivity index (χ0) is 22.5. The third-order valence-electron chi connectivity index (χ3n) is 5.82. The Bertz CT molecular complexity index is 1070. The first kappa shape index (κ1) is 21.8. The molecule has 0 amide bonds. The number of aromatic amines is 1. The summed E-state index contributed by atoms with van der Waals surface area (Å²) in [5, 5.41) is 9.86. The first-order valence-corrected chi connectivity index (χ1v) is 10.6. The second-order valence-corrected chi connectivity index (χ2v) is 7.96. The molecule has 0 spiro atoms. The number of aromatic nitrogens is 1. The van der Waals surface area contributed by atoms with Gasteiger partial charge in [-0.15, -0.1) is 0 Å². The molecule has 0 saturated carbocycles. The van der Waals surface area contributed by atoms with Crippen LogP contribution in [0.15, 0.2) is 54.7 Å². The number of benzene rings is 2. The molecule has 7 nitrogen and oxygen atoms in total. The number of carboxylic acid groups (broad SMARTS) is 1. The minimum absolute atomic E-state index is 0.0429. The molecule has 1 aromatic heterocycles. The van der Waals surface area contributed by atoms with Crippen molar-refractivity contribution in [1.82, 2.24) is 9.88 Å². The molecule has 2 N–H and O–H groups in total. The lowest BCUT2D eigenvalue weighted by Crippen LogP contribution is -2.43.